The lowest BCUT2D eigenvalue weighted by Gasteiger charge is -2.36. The van der Waals surface area contributed by atoms with Gasteiger partial charge in [0.05, 0.1) is 6.54 Å². The van der Waals surface area contributed by atoms with Crippen LogP contribution in [-0.4, -0.2) is 47.4 Å². The van der Waals surface area contributed by atoms with E-state index in [2.05, 4.69) is 23.3 Å². The van der Waals surface area contributed by atoms with Gasteiger partial charge in [-0.1, -0.05) is 13.0 Å². The zero-order chi connectivity index (χ0) is 13.0. The summed E-state index contributed by atoms with van der Waals surface area (Å²) in [6.07, 6.45) is 9.15. The summed E-state index contributed by atoms with van der Waals surface area (Å²) in [6.45, 7) is 8.39. The minimum Gasteiger partial charge on any atom is -0.339 e. The Balaban J connectivity index is 1.90. The Bertz CT molecular complexity index is 299. The van der Waals surface area contributed by atoms with Crippen molar-refractivity contribution >= 4 is 5.91 Å². The lowest BCUT2D eigenvalue weighted by molar-refractivity contribution is -0.136. The second-order valence-electron chi connectivity index (χ2n) is 5.59. The summed E-state index contributed by atoms with van der Waals surface area (Å²) in [5, 5.41) is 0. The van der Waals surface area contributed by atoms with Gasteiger partial charge in [-0.15, -0.1) is 6.58 Å². The van der Waals surface area contributed by atoms with E-state index in [9.17, 15) is 4.79 Å². The smallest absolute Gasteiger partial charge is 0.237 e. The van der Waals surface area contributed by atoms with E-state index in [0.717, 1.165) is 19.5 Å². The van der Waals surface area contributed by atoms with Gasteiger partial charge in [0, 0.05) is 25.2 Å². The molecule has 1 heterocycles. The van der Waals surface area contributed by atoms with Crippen molar-refractivity contribution in [1.82, 2.24) is 9.80 Å². The van der Waals surface area contributed by atoms with Gasteiger partial charge < -0.3 is 4.90 Å². The monoisotopic (exact) mass is 250 g/mol. The van der Waals surface area contributed by atoms with Crippen molar-refractivity contribution < 1.29 is 4.79 Å². The highest BCUT2D eigenvalue weighted by molar-refractivity contribution is 5.78. The maximum absolute atomic E-state index is 12.4. The molecule has 3 heteroatoms. The molecule has 1 saturated carbocycles. The van der Waals surface area contributed by atoms with Gasteiger partial charge in [-0.05, 0) is 38.5 Å². The Kier molecular flexibility index (Phi) is 4.81. The van der Waals surface area contributed by atoms with E-state index in [1.807, 2.05) is 6.08 Å². The summed E-state index contributed by atoms with van der Waals surface area (Å²) in [6, 6.07) is 1.12. The van der Waals surface area contributed by atoms with Crippen molar-refractivity contribution in [2.45, 2.75) is 57.5 Å². The van der Waals surface area contributed by atoms with Crippen LogP contribution in [0.4, 0.5) is 0 Å². The highest BCUT2D eigenvalue weighted by atomic mass is 16.2. The molecule has 0 aromatic carbocycles. The highest BCUT2D eigenvalue weighted by Gasteiger charge is 2.32. The van der Waals surface area contributed by atoms with Crippen molar-refractivity contribution in [3.8, 4) is 0 Å². The van der Waals surface area contributed by atoms with Crippen molar-refractivity contribution in [3.05, 3.63) is 12.7 Å². The summed E-state index contributed by atoms with van der Waals surface area (Å²) >= 11 is 0. The van der Waals surface area contributed by atoms with Gasteiger partial charge in [0.15, 0.2) is 0 Å². The normalized spacial score (nSPS) is 24.3. The zero-order valence-electron chi connectivity index (χ0n) is 11.6. The standard InChI is InChI=1S/C15H26N2O/c1-3-10-16(14-8-9-14)12-15(18)17-11-6-5-7-13(17)4-2/h3,13-14H,1,4-12H2,2H3/t13-/m0/s1. The summed E-state index contributed by atoms with van der Waals surface area (Å²) in [5.41, 5.74) is 0. The van der Waals surface area contributed by atoms with Crippen molar-refractivity contribution in [2.24, 2.45) is 0 Å². The van der Waals surface area contributed by atoms with Gasteiger partial charge in [-0.25, -0.2) is 0 Å². The number of piperidine rings is 1. The van der Waals surface area contributed by atoms with Gasteiger partial charge in [0.2, 0.25) is 5.91 Å². The molecule has 0 radical (unpaired) electrons. The molecule has 1 aliphatic heterocycles. The maximum Gasteiger partial charge on any atom is 0.237 e. The van der Waals surface area contributed by atoms with Gasteiger partial charge in [-0.3, -0.25) is 9.69 Å². The first-order chi connectivity index (χ1) is 8.76. The molecule has 2 fully saturated rings. The topological polar surface area (TPSA) is 23.6 Å². The van der Waals surface area contributed by atoms with Crippen LogP contribution in [0.3, 0.4) is 0 Å². The van der Waals surface area contributed by atoms with Gasteiger partial charge >= 0.3 is 0 Å². The van der Waals surface area contributed by atoms with Crippen LogP contribution in [0.2, 0.25) is 0 Å². The molecule has 2 aliphatic rings. The van der Waals surface area contributed by atoms with Crippen molar-refractivity contribution in [2.75, 3.05) is 19.6 Å². The van der Waals surface area contributed by atoms with E-state index in [-0.39, 0.29) is 0 Å². The number of rotatable bonds is 6. The number of carbonyl (C=O) groups is 1. The largest absolute Gasteiger partial charge is 0.339 e. The van der Waals surface area contributed by atoms with E-state index in [4.69, 9.17) is 0 Å². The first-order valence-electron chi connectivity index (χ1n) is 7.40. The molecule has 0 N–H and O–H groups in total. The Morgan fingerprint density at radius 2 is 2.17 bits per heavy atom. The van der Waals surface area contributed by atoms with E-state index < -0.39 is 0 Å². The lowest BCUT2D eigenvalue weighted by atomic mass is 10.00. The predicted molar refractivity (Wildman–Crippen MR) is 74.4 cm³/mol. The molecule has 1 amide bonds. The molecule has 18 heavy (non-hydrogen) atoms. The highest BCUT2D eigenvalue weighted by Crippen LogP contribution is 2.27. The number of hydrogen-bond acceptors (Lipinski definition) is 2. The SMILES string of the molecule is C=CCN(CC(=O)N1CCCC[C@@H]1CC)C1CC1. The zero-order valence-corrected chi connectivity index (χ0v) is 11.6. The summed E-state index contributed by atoms with van der Waals surface area (Å²) in [7, 11) is 0. The molecule has 1 atom stereocenters. The van der Waals surface area contributed by atoms with E-state index in [1.54, 1.807) is 0 Å². The van der Waals surface area contributed by atoms with Crippen LogP contribution in [-0.2, 0) is 4.79 Å². The molecule has 0 spiro atoms. The average molecular weight is 250 g/mol. The number of hydrogen-bond donors (Lipinski definition) is 0. The molecule has 3 nitrogen and oxygen atoms in total. The van der Waals surface area contributed by atoms with Crippen molar-refractivity contribution in [3.63, 3.8) is 0 Å². The van der Waals surface area contributed by atoms with Gasteiger partial charge in [0.1, 0.15) is 0 Å². The summed E-state index contributed by atoms with van der Waals surface area (Å²) < 4.78 is 0. The molecule has 0 aromatic heterocycles. The molecular formula is C15H26N2O. The molecule has 0 aromatic rings. The van der Waals surface area contributed by atoms with Crippen molar-refractivity contribution in [1.29, 1.82) is 0 Å². The molecule has 2 rings (SSSR count). The number of likely N-dealkylation sites (tertiary alicyclic amines) is 1. The third-order valence-electron chi connectivity index (χ3n) is 4.18. The molecule has 1 aliphatic carbocycles. The summed E-state index contributed by atoms with van der Waals surface area (Å²) in [4.78, 5) is 16.9. The maximum atomic E-state index is 12.4. The second-order valence-corrected chi connectivity index (χ2v) is 5.59. The van der Waals surface area contributed by atoms with E-state index in [1.165, 1.54) is 32.1 Å². The molecular weight excluding hydrogens is 224 g/mol. The Morgan fingerprint density at radius 3 is 2.78 bits per heavy atom. The van der Waals surface area contributed by atoms with Crippen LogP contribution in [0.5, 0.6) is 0 Å². The second kappa shape index (κ2) is 6.37. The predicted octanol–water partition coefficient (Wildman–Crippen LogP) is 2.43. The first kappa shape index (κ1) is 13.6. The minimum atomic E-state index is 0.329. The van der Waals surface area contributed by atoms with Gasteiger partial charge in [-0.2, -0.15) is 0 Å². The van der Waals surface area contributed by atoms with Crippen LogP contribution >= 0.6 is 0 Å². The third-order valence-corrected chi connectivity index (χ3v) is 4.18. The van der Waals surface area contributed by atoms with Crippen LogP contribution in [0, 0.1) is 0 Å². The minimum absolute atomic E-state index is 0.329. The Labute approximate surface area is 111 Å². The first-order valence-corrected chi connectivity index (χ1v) is 7.40. The third kappa shape index (κ3) is 3.35. The number of amides is 1. The van der Waals surface area contributed by atoms with E-state index >= 15 is 0 Å². The molecule has 102 valence electrons. The van der Waals surface area contributed by atoms with Crippen LogP contribution in [0.15, 0.2) is 12.7 Å². The molecule has 0 unspecified atom stereocenters. The quantitative estimate of drug-likeness (QED) is 0.676. The Morgan fingerprint density at radius 1 is 1.39 bits per heavy atom. The Hall–Kier alpha value is -0.830. The van der Waals surface area contributed by atoms with Crippen LogP contribution in [0.25, 0.3) is 0 Å². The van der Waals surface area contributed by atoms with Crippen LogP contribution < -0.4 is 0 Å². The molecule has 1 saturated heterocycles. The van der Waals surface area contributed by atoms with Crippen LogP contribution in [0.1, 0.15) is 45.4 Å². The molecule has 0 bridgehead atoms. The fourth-order valence-electron chi connectivity index (χ4n) is 2.97. The average Bonchev–Trinajstić information content (AvgIpc) is 3.22. The lowest BCUT2D eigenvalue weighted by Crippen LogP contribution is -2.48. The van der Waals surface area contributed by atoms with Gasteiger partial charge in [0.25, 0.3) is 0 Å². The summed E-state index contributed by atoms with van der Waals surface area (Å²) in [5.74, 6) is 0.329. The number of carbonyl (C=O) groups excluding carboxylic acids is 1. The fourth-order valence-corrected chi connectivity index (χ4v) is 2.97. The number of nitrogens with zero attached hydrogens (tertiary/aromatic N) is 2. The fraction of sp³-hybridized carbons (Fsp3) is 0.800. The van der Waals surface area contributed by atoms with E-state index in [0.29, 0.717) is 24.5 Å².